The lowest BCUT2D eigenvalue weighted by Gasteiger charge is -2.06. The minimum Gasteiger partial charge on any atom is -0.497 e. The summed E-state index contributed by atoms with van der Waals surface area (Å²) in [6.07, 6.45) is 0. The van der Waals surface area contributed by atoms with Gasteiger partial charge in [-0.2, -0.15) is 0 Å². The predicted molar refractivity (Wildman–Crippen MR) is 67.3 cm³/mol. The van der Waals surface area contributed by atoms with Gasteiger partial charge in [-0.05, 0) is 31.2 Å². The summed E-state index contributed by atoms with van der Waals surface area (Å²) in [5.74, 6) is 0.742. The van der Waals surface area contributed by atoms with Crippen molar-refractivity contribution in [2.45, 2.75) is 6.92 Å². The minimum atomic E-state index is 0.318. The molecule has 0 unspecified atom stereocenters. The van der Waals surface area contributed by atoms with Crippen LogP contribution < -0.4 is 4.74 Å². The number of oxime groups is 1. The molecule has 17 heavy (non-hydrogen) atoms. The van der Waals surface area contributed by atoms with Gasteiger partial charge in [-0.1, -0.05) is 16.8 Å². The lowest BCUT2D eigenvalue weighted by atomic mass is 10.1. The van der Waals surface area contributed by atoms with E-state index >= 15 is 0 Å². The fourth-order valence-corrected chi connectivity index (χ4v) is 1.85. The van der Waals surface area contributed by atoms with Gasteiger partial charge in [-0.25, -0.2) is 4.98 Å². The van der Waals surface area contributed by atoms with Gasteiger partial charge < -0.3 is 9.94 Å². The fraction of sp³-hybridized carbons (Fsp3) is 0.167. The molecule has 0 atom stereocenters. The molecule has 0 saturated carbocycles. The molecule has 0 amide bonds. The molecule has 5 heteroatoms. The Labute approximate surface area is 103 Å². The normalized spacial score (nSPS) is 11.8. The van der Waals surface area contributed by atoms with Gasteiger partial charge in [0.25, 0.3) is 0 Å². The summed E-state index contributed by atoms with van der Waals surface area (Å²) in [6, 6.07) is 7.32. The third-order valence-electron chi connectivity index (χ3n) is 2.52. The zero-order valence-electron chi connectivity index (χ0n) is 9.44. The van der Waals surface area contributed by atoms with E-state index in [1.54, 1.807) is 14.0 Å². The molecular weight excluding hydrogens is 240 g/mol. The number of nitrogens with zero attached hydrogens (tertiary/aromatic N) is 2. The number of halogens is 1. The molecule has 88 valence electrons. The van der Waals surface area contributed by atoms with Gasteiger partial charge in [0.15, 0.2) is 0 Å². The fourth-order valence-electron chi connectivity index (χ4n) is 1.57. The van der Waals surface area contributed by atoms with Gasteiger partial charge in [0.2, 0.25) is 0 Å². The average Bonchev–Trinajstić information content (AvgIpc) is 2.36. The molecule has 0 radical (unpaired) electrons. The first-order chi connectivity index (χ1) is 8.15. The first-order valence-electron chi connectivity index (χ1n) is 4.99. The maximum atomic E-state index is 8.76. The number of hydrogen-bond acceptors (Lipinski definition) is 4. The minimum absolute atomic E-state index is 0.318. The molecule has 1 N–H and O–H groups in total. The van der Waals surface area contributed by atoms with Gasteiger partial charge in [0, 0.05) is 10.9 Å². The van der Waals surface area contributed by atoms with Crippen molar-refractivity contribution in [2.75, 3.05) is 7.11 Å². The molecule has 2 aromatic rings. The molecule has 0 bridgehead atoms. The van der Waals surface area contributed by atoms with Crippen LogP contribution in [0.3, 0.4) is 0 Å². The first kappa shape index (κ1) is 11.7. The van der Waals surface area contributed by atoms with Crippen molar-refractivity contribution in [3.63, 3.8) is 0 Å². The van der Waals surface area contributed by atoms with Gasteiger partial charge in [0.1, 0.15) is 10.9 Å². The van der Waals surface area contributed by atoms with Gasteiger partial charge >= 0.3 is 0 Å². The van der Waals surface area contributed by atoms with Crippen molar-refractivity contribution >= 4 is 28.2 Å². The standard InChI is InChI=1S/C12H11ClN2O2/c1-7(15-16)10-6-8-5-9(17-2)3-4-11(8)14-12(10)13/h3-6,16H,1-2H3/b15-7+. The van der Waals surface area contributed by atoms with E-state index < -0.39 is 0 Å². The highest BCUT2D eigenvalue weighted by Gasteiger charge is 2.08. The molecule has 0 aliphatic carbocycles. The Morgan fingerprint density at radius 3 is 2.82 bits per heavy atom. The van der Waals surface area contributed by atoms with E-state index in [1.165, 1.54) is 0 Å². The van der Waals surface area contributed by atoms with Crippen molar-refractivity contribution in [3.8, 4) is 5.75 Å². The zero-order chi connectivity index (χ0) is 12.4. The van der Waals surface area contributed by atoms with Gasteiger partial charge in [-0.3, -0.25) is 0 Å². The molecule has 1 heterocycles. The number of rotatable bonds is 2. The number of methoxy groups -OCH3 is 1. The van der Waals surface area contributed by atoms with E-state index in [1.807, 2.05) is 24.3 Å². The Bertz CT molecular complexity index is 596. The average molecular weight is 251 g/mol. The monoisotopic (exact) mass is 250 g/mol. The Balaban J connectivity index is 2.68. The van der Waals surface area contributed by atoms with Crippen molar-refractivity contribution < 1.29 is 9.94 Å². The molecule has 4 nitrogen and oxygen atoms in total. The largest absolute Gasteiger partial charge is 0.497 e. The van der Waals surface area contributed by atoms with Crippen molar-refractivity contribution in [3.05, 3.63) is 35.0 Å². The molecular formula is C12H11ClN2O2. The Hall–Kier alpha value is -1.81. The number of pyridine rings is 1. The lowest BCUT2D eigenvalue weighted by molar-refractivity contribution is 0.319. The lowest BCUT2D eigenvalue weighted by Crippen LogP contribution is -1.98. The van der Waals surface area contributed by atoms with Crippen LogP contribution in [0.15, 0.2) is 29.4 Å². The van der Waals surface area contributed by atoms with E-state index in [0.29, 0.717) is 16.4 Å². The van der Waals surface area contributed by atoms with Crippen LogP contribution in [0.5, 0.6) is 5.75 Å². The Morgan fingerprint density at radius 2 is 2.18 bits per heavy atom. The van der Waals surface area contributed by atoms with Gasteiger partial charge in [-0.15, -0.1) is 0 Å². The van der Waals surface area contributed by atoms with Crippen molar-refractivity contribution in [1.29, 1.82) is 0 Å². The van der Waals surface area contributed by atoms with Crippen LogP contribution in [0.4, 0.5) is 0 Å². The second-order valence-electron chi connectivity index (χ2n) is 3.57. The maximum Gasteiger partial charge on any atom is 0.138 e. The van der Waals surface area contributed by atoms with E-state index in [4.69, 9.17) is 21.5 Å². The van der Waals surface area contributed by atoms with Crippen LogP contribution in [0, 0.1) is 0 Å². The third-order valence-corrected chi connectivity index (χ3v) is 2.80. The summed E-state index contributed by atoms with van der Waals surface area (Å²) in [6.45, 7) is 1.66. The first-order valence-corrected chi connectivity index (χ1v) is 5.37. The molecule has 1 aromatic heterocycles. The highest BCUT2D eigenvalue weighted by Crippen LogP contribution is 2.24. The zero-order valence-corrected chi connectivity index (χ0v) is 10.2. The maximum absolute atomic E-state index is 8.76. The second-order valence-corrected chi connectivity index (χ2v) is 3.93. The van der Waals surface area contributed by atoms with Crippen molar-refractivity contribution in [1.82, 2.24) is 4.98 Å². The predicted octanol–water partition coefficient (Wildman–Crippen LogP) is 3.10. The summed E-state index contributed by atoms with van der Waals surface area (Å²) in [5, 5.41) is 13.1. The highest BCUT2D eigenvalue weighted by molar-refractivity contribution is 6.33. The molecule has 0 spiro atoms. The van der Waals surface area contributed by atoms with E-state index in [-0.39, 0.29) is 0 Å². The van der Waals surface area contributed by atoms with Crippen LogP contribution in [0.1, 0.15) is 12.5 Å². The Kier molecular flexibility index (Phi) is 3.15. The number of fused-ring (bicyclic) bond motifs is 1. The van der Waals surface area contributed by atoms with Crippen molar-refractivity contribution in [2.24, 2.45) is 5.16 Å². The smallest absolute Gasteiger partial charge is 0.138 e. The number of ether oxygens (including phenoxy) is 1. The summed E-state index contributed by atoms with van der Waals surface area (Å²) >= 11 is 6.02. The SMILES string of the molecule is COc1ccc2nc(Cl)c(/C(C)=N/O)cc2c1. The van der Waals surface area contributed by atoms with E-state index in [9.17, 15) is 0 Å². The summed E-state index contributed by atoms with van der Waals surface area (Å²) in [4.78, 5) is 4.24. The number of aromatic nitrogens is 1. The van der Waals surface area contributed by atoms with Gasteiger partial charge in [0.05, 0.1) is 18.3 Å². The molecule has 0 fully saturated rings. The summed E-state index contributed by atoms with van der Waals surface area (Å²) in [7, 11) is 1.60. The molecule has 2 rings (SSSR count). The van der Waals surface area contributed by atoms with E-state index in [2.05, 4.69) is 10.1 Å². The molecule has 0 aliphatic heterocycles. The molecule has 1 aromatic carbocycles. The number of hydrogen-bond donors (Lipinski definition) is 1. The third kappa shape index (κ3) is 2.17. The highest BCUT2D eigenvalue weighted by atomic mass is 35.5. The topological polar surface area (TPSA) is 54.7 Å². The van der Waals surface area contributed by atoms with Crippen LogP contribution in [0.25, 0.3) is 10.9 Å². The van der Waals surface area contributed by atoms with Crippen LogP contribution >= 0.6 is 11.6 Å². The summed E-state index contributed by atoms with van der Waals surface area (Å²) in [5.41, 5.74) is 1.80. The number of benzene rings is 1. The molecule has 0 aliphatic rings. The van der Waals surface area contributed by atoms with E-state index in [0.717, 1.165) is 16.7 Å². The summed E-state index contributed by atoms with van der Waals surface area (Å²) < 4.78 is 5.14. The second kappa shape index (κ2) is 4.59. The quantitative estimate of drug-likeness (QED) is 0.386. The molecule has 0 saturated heterocycles. The van der Waals surface area contributed by atoms with Crippen LogP contribution in [-0.2, 0) is 0 Å². The Morgan fingerprint density at radius 1 is 1.41 bits per heavy atom. The van der Waals surface area contributed by atoms with Crippen LogP contribution in [-0.4, -0.2) is 23.0 Å². The van der Waals surface area contributed by atoms with Crippen LogP contribution in [0.2, 0.25) is 5.15 Å².